The van der Waals surface area contributed by atoms with Crippen LogP contribution in [0.5, 0.6) is 0 Å². The van der Waals surface area contributed by atoms with E-state index in [4.69, 9.17) is 0 Å². The van der Waals surface area contributed by atoms with E-state index in [1.165, 1.54) is 17.8 Å². The molecule has 1 aliphatic carbocycles. The number of aromatic nitrogens is 2. The van der Waals surface area contributed by atoms with Gasteiger partial charge in [0.25, 0.3) is 0 Å². The van der Waals surface area contributed by atoms with Gasteiger partial charge in [-0.1, -0.05) is 20.8 Å². The number of likely N-dealkylation sites (N-methyl/N-ethyl adjacent to an activating group) is 1. The molecule has 18 heavy (non-hydrogen) atoms. The van der Waals surface area contributed by atoms with Crippen LogP contribution in [0.3, 0.4) is 0 Å². The monoisotopic (exact) mass is 249 g/mol. The summed E-state index contributed by atoms with van der Waals surface area (Å²) in [4.78, 5) is 0. The molecule has 2 rings (SSSR count). The van der Waals surface area contributed by atoms with E-state index in [1.54, 1.807) is 0 Å². The molecular formula is C15H27N3. The van der Waals surface area contributed by atoms with Crippen molar-refractivity contribution in [1.82, 2.24) is 15.1 Å². The molecule has 0 aromatic carbocycles. The number of nitrogens with zero attached hydrogens (tertiary/aromatic N) is 2. The highest BCUT2D eigenvalue weighted by Crippen LogP contribution is 2.41. The molecule has 1 saturated carbocycles. The average molecular weight is 249 g/mol. The van der Waals surface area contributed by atoms with Crippen LogP contribution in [0.15, 0.2) is 6.07 Å². The fraction of sp³-hybridized carbons (Fsp3) is 0.800. The SMILES string of the molecule is CCNC(Cc1cc(CC)nn1CC)C1CC1C. The normalized spacial score (nSPS) is 24.2. The molecule has 0 bridgehead atoms. The van der Waals surface area contributed by atoms with Gasteiger partial charge in [0.05, 0.1) is 5.69 Å². The summed E-state index contributed by atoms with van der Waals surface area (Å²) in [7, 11) is 0. The molecular weight excluding hydrogens is 222 g/mol. The second-order valence-electron chi connectivity index (χ2n) is 5.54. The van der Waals surface area contributed by atoms with Crippen molar-refractivity contribution in [2.45, 2.75) is 59.5 Å². The molecule has 0 aliphatic heterocycles. The van der Waals surface area contributed by atoms with Gasteiger partial charge in [0.1, 0.15) is 0 Å². The lowest BCUT2D eigenvalue weighted by atomic mass is 10.0. The maximum absolute atomic E-state index is 4.65. The Morgan fingerprint density at radius 1 is 1.44 bits per heavy atom. The van der Waals surface area contributed by atoms with Crippen molar-refractivity contribution in [1.29, 1.82) is 0 Å². The quantitative estimate of drug-likeness (QED) is 0.805. The second kappa shape index (κ2) is 5.87. The number of hydrogen-bond acceptors (Lipinski definition) is 2. The van der Waals surface area contributed by atoms with E-state index in [2.05, 4.69) is 48.9 Å². The van der Waals surface area contributed by atoms with E-state index >= 15 is 0 Å². The fourth-order valence-electron chi connectivity index (χ4n) is 2.90. The maximum atomic E-state index is 4.65. The van der Waals surface area contributed by atoms with Crippen molar-refractivity contribution >= 4 is 0 Å². The van der Waals surface area contributed by atoms with Crippen LogP contribution in [0.2, 0.25) is 0 Å². The van der Waals surface area contributed by atoms with Crippen LogP contribution < -0.4 is 5.32 Å². The molecule has 1 aliphatic rings. The Labute approximate surface area is 111 Å². The highest BCUT2D eigenvalue weighted by Gasteiger charge is 2.39. The largest absolute Gasteiger partial charge is 0.314 e. The molecule has 1 heterocycles. The zero-order valence-corrected chi connectivity index (χ0v) is 12.2. The van der Waals surface area contributed by atoms with Gasteiger partial charge in [0.2, 0.25) is 0 Å². The molecule has 3 nitrogen and oxygen atoms in total. The van der Waals surface area contributed by atoms with Gasteiger partial charge in [0.15, 0.2) is 0 Å². The zero-order valence-electron chi connectivity index (χ0n) is 12.2. The minimum atomic E-state index is 0.636. The van der Waals surface area contributed by atoms with E-state index in [9.17, 15) is 0 Å². The van der Waals surface area contributed by atoms with Gasteiger partial charge in [-0.25, -0.2) is 0 Å². The van der Waals surface area contributed by atoms with Gasteiger partial charge < -0.3 is 5.32 Å². The molecule has 3 atom stereocenters. The summed E-state index contributed by atoms with van der Waals surface area (Å²) >= 11 is 0. The zero-order chi connectivity index (χ0) is 13.1. The van der Waals surface area contributed by atoms with Crippen LogP contribution in [0, 0.1) is 11.8 Å². The van der Waals surface area contributed by atoms with E-state index in [1.807, 2.05) is 0 Å². The summed E-state index contributed by atoms with van der Waals surface area (Å²) in [6.07, 6.45) is 3.55. The van der Waals surface area contributed by atoms with Gasteiger partial charge in [-0.2, -0.15) is 5.10 Å². The Hall–Kier alpha value is -0.830. The molecule has 1 fully saturated rings. The standard InChI is InChI=1S/C15H27N3/c1-5-12-9-13(18(7-3)17-12)10-15(16-6-2)14-8-11(14)4/h9,11,14-16H,5-8,10H2,1-4H3. The third-order valence-electron chi connectivity index (χ3n) is 4.16. The average Bonchev–Trinajstić information content (AvgIpc) is 2.96. The van der Waals surface area contributed by atoms with Crippen LogP contribution in [-0.2, 0) is 19.4 Å². The summed E-state index contributed by atoms with van der Waals surface area (Å²) in [5.41, 5.74) is 2.63. The first-order valence-corrected chi connectivity index (χ1v) is 7.48. The minimum absolute atomic E-state index is 0.636. The highest BCUT2D eigenvalue weighted by molar-refractivity contribution is 5.13. The van der Waals surface area contributed by atoms with Crippen LogP contribution in [0.25, 0.3) is 0 Å². The molecule has 1 aromatic rings. The topological polar surface area (TPSA) is 29.9 Å². The van der Waals surface area contributed by atoms with Crippen molar-refractivity contribution in [2.75, 3.05) is 6.54 Å². The Bertz CT molecular complexity index is 383. The van der Waals surface area contributed by atoms with E-state index < -0.39 is 0 Å². The number of aryl methyl sites for hydroxylation is 2. The van der Waals surface area contributed by atoms with E-state index in [0.717, 1.165) is 37.8 Å². The predicted molar refractivity (Wildman–Crippen MR) is 75.7 cm³/mol. The van der Waals surface area contributed by atoms with Crippen LogP contribution >= 0.6 is 0 Å². The first kappa shape index (κ1) is 13.6. The molecule has 0 amide bonds. The van der Waals surface area contributed by atoms with Crippen molar-refractivity contribution in [3.8, 4) is 0 Å². The first-order valence-electron chi connectivity index (χ1n) is 7.48. The van der Waals surface area contributed by atoms with Gasteiger partial charge in [0, 0.05) is 24.7 Å². The summed E-state index contributed by atoms with van der Waals surface area (Å²) in [6, 6.07) is 2.93. The molecule has 0 radical (unpaired) electrons. The summed E-state index contributed by atoms with van der Waals surface area (Å²) in [5, 5.41) is 8.31. The predicted octanol–water partition coefficient (Wildman–Crippen LogP) is 2.64. The van der Waals surface area contributed by atoms with Gasteiger partial charge in [-0.3, -0.25) is 4.68 Å². The van der Waals surface area contributed by atoms with Crippen molar-refractivity contribution in [3.05, 3.63) is 17.5 Å². The van der Waals surface area contributed by atoms with E-state index in [0.29, 0.717) is 6.04 Å². The Balaban J connectivity index is 2.07. The Morgan fingerprint density at radius 3 is 2.67 bits per heavy atom. The number of rotatable bonds is 7. The summed E-state index contributed by atoms with van der Waals surface area (Å²) < 4.78 is 2.18. The Morgan fingerprint density at radius 2 is 2.17 bits per heavy atom. The molecule has 3 unspecified atom stereocenters. The van der Waals surface area contributed by atoms with Crippen LogP contribution in [-0.4, -0.2) is 22.4 Å². The fourth-order valence-corrected chi connectivity index (χ4v) is 2.90. The highest BCUT2D eigenvalue weighted by atomic mass is 15.3. The van der Waals surface area contributed by atoms with Gasteiger partial charge in [-0.15, -0.1) is 0 Å². The molecule has 0 spiro atoms. The lowest BCUT2D eigenvalue weighted by molar-refractivity contribution is 0.439. The summed E-state index contributed by atoms with van der Waals surface area (Å²) in [6.45, 7) is 11.0. The summed E-state index contributed by atoms with van der Waals surface area (Å²) in [5.74, 6) is 1.77. The van der Waals surface area contributed by atoms with E-state index in [-0.39, 0.29) is 0 Å². The molecule has 1 N–H and O–H groups in total. The molecule has 102 valence electrons. The third kappa shape index (κ3) is 2.94. The number of nitrogens with one attached hydrogen (secondary N) is 1. The van der Waals surface area contributed by atoms with Crippen LogP contribution in [0.4, 0.5) is 0 Å². The van der Waals surface area contributed by atoms with Crippen molar-refractivity contribution < 1.29 is 0 Å². The molecule has 3 heteroatoms. The third-order valence-corrected chi connectivity index (χ3v) is 4.16. The van der Waals surface area contributed by atoms with Gasteiger partial charge in [-0.05, 0) is 44.2 Å². The van der Waals surface area contributed by atoms with Crippen molar-refractivity contribution in [2.24, 2.45) is 11.8 Å². The molecule has 1 aromatic heterocycles. The second-order valence-corrected chi connectivity index (χ2v) is 5.54. The minimum Gasteiger partial charge on any atom is -0.314 e. The maximum Gasteiger partial charge on any atom is 0.0624 e. The smallest absolute Gasteiger partial charge is 0.0624 e. The van der Waals surface area contributed by atoms with Crippen molar-refractivity contribution in [3.63, 3.8) is 0 Å². The lowest BCUT2D eigenvalue weighted by Crippen LogP contribution is -2.34. The van der Waals surface area contributed by atoms with Crippen LogP contribution in [0.1, 0.15) is 45.5 Å². The first-order chi connectivity index (χ1) is 8.69. The lowest BCUT2D eigenvalue weighted by Gasteiger charge is -2.18. The molecule has 0 saturated heterocycles. The Kier molecular flexibility index (Phi) is 4.44. The number of hydrogen-bond donors (Lipinski definition) is 1. The van der Waals surface area contributed by atoms with Gasteiger partial charge >= 0.3 is 0 Å².